The van der Waals surface area contributed by atoms with Gasteiger partial charge >= 0.3 is 0 Å². The van der Waals surface area contributed by atoms with Gasteiger partial charge in [0.15, 0.2) is 17.8 Å². The fourth-order valence-electron chi connectivity index (χ4n) is 1.39. The largest absolute Gasteiger partial charge is 0.487 e. The summed E-state index contributed by atoms with van der Waals surface area (Å²) < 4.78 is 20.8. The Balaban J connectivity index is 2.84. The molecule has 0 atom stereocenters. The summed E-state index contributed by atoms with van der Waals surface area (Å²) in [6, 6.07) is 3.13. The first-order valence-corrected chi connectivity index (χ1v) is 5.85. The van der Waals surface area contributed by atoms with Gasteiger partial charge < -0.3 is 24.7 Å². The normalized spacial score (nSPS) is 10.2. The third kappa shape index (κ3) is 4.76. The molecule has 0 saturated carbocycles. The number of carbonyl (C=O) groups excluding carboxylic acids is 1. The van der Waals surface area contributed by atoms with Crippen LogP contribution in [0.5, 0.6) is 11.5 Å². The number of aldehydes is 1. The van der Waals surface area contributed by atoms with Gasteiger partial charge in [0, 0.05) is 31.5 Å². The van der Waals surface area contributed by atoms with Crippen molar-refractivity contribution in [1.82, 2.24) is 0 Å². The van der Waals surface area contributed by atoms with Crippen LogP contribution in [0, 0.1) is 0 Å². The summed E-state index contributed by atoms with van der Waals surface area (Å²) in [7, 11) is 3.17. The lowest BCUT2D eigenvalue weighted by molar-refractivity contribution is 0.112. The van der Waals surface area contributed by atoms with Crippen LogP contribution in [0.25, 0.3) is 0 Å². The molecule has 2 N–H and O–H groups in total. The Morgan fingerprint density at radius 3 is 2.00 bits per heavy atom. The minimum absolute atomic E-state index is 0.349. The molecule has 6 heteroatoms. The minimum atomic E-state index is 0.349. The molecule has 0 aliphatic heterocycles. The number of carbonyl (C=O) groups is 1. The Bertz CT molecular complexity index is 408. The lowest BCUT2D eigenvalue weighted by atomic mass is 10.2. The van der Waals surface area contributed by atoms with E-state index < -0.39 is 0 Å². The number of benzene rings is 1. The summed E-state index contributed by atoms with van der Waals surface area (Å²) in [5.41, 5.74) is 6.45. The van der Waals surface area contributed by atoms with Gasteiger partial charge in [0.1, 0.15) is 13.2 Å². The summed E-state index contributed by atoms with van der Waals surface area (Å²) in [5, 5.41) is 0. The second-order valence-corrected chi connectivity index (χ2v) is 3.73. The van der Waals surface area contributed by atoms with Crippen molar-refractivity contribution >= 4 is 12.0 Å². The van der Waals surface area contributed by atoms with Crippen molar-refractivity contribution in [3.8, 4) is 11.5 Å². The third-order valence-electron chi connectivity index (χ3n) is 2.37. The molecule has 0 spiro atoms. The van der Waals surface area contributed by atoms with Crippen LogP contribution in [-0.4, -0.2) is 46.9 Å². The minimum Gasteiger partial charge on any atom is -0.487 e. The summed E-state index contributed by atoms with van der Waals surface area (Å²) in [5.74, 6) is 0.945. The average molecular weight is 269 g/mol. The van der Waals surface area contributed by atoms with Crippen LogP contribution in [0.2, 0.25) is 0 Å². The van der Waals surface area contributed by atoms with Crippen LogP contribution in [-0.2, 0) is 9.47 Å². The number of ether oxygens (including phenoxy) is 4. The Morgan fingerprint density at radius 1 is 1.00 bits per heavy atom. The topological polar surface area (TPSA) is 80.0 Å². The van der Waals surface area contributed by atoms with Gasteiger partial charge in [0.05, 0.1) is 13.2 Å². The molecule has 0 amide bonds. The monoisotopic (exact) mass is 269 g/mol. The van der Waals surface area contributed by atoms with Gasteiger partial charge in [-0.15, -0.1) is 0 Å². The maximum Gasteiger partial charge on any atom is 0.163 e. The number of nitrogen functional groups attached to an aromatic ring is 1. The molecule has 1 aromatic rings. The van der Waals surface area contributed by atoms with E-state index in [2.05, 4.69) is 0 Å². The highest BCUT2D eigenvalue weighted by molar-refractivity contribution is 5.85. The van der Waals surface area contributed by atoms with Crippen LogP contribution in [0.15, 0.2) is 12.1 Å². The molecule has 0 radical (unpaired) electrons. The number of hydrogen-bond acceptors (Lipinski definition) is 6. The van der Waals surface area contributed by atoms with Gasteiger partial charge in [-0.2, -0.15) is 0 Å². The van der Waals surface area contributed by atoms with E-state index in [9.17, 15) is 4.79 Å². The predicted molar refractivity (Wildman–Crippen MR) is 71.0 cm³/mol. The molecular weight excluding hydrogens is 250 g/mol. The van der Waals surface area contributed by atoms with Crippen LogP contribution in [0.1, 0.15) is 10.4 Å². The third-order valence-corrected chi connectivity index (χ3v) is 2.37. The lowest BCUT2D eigenvalue weighted by Gasteiger charge is -2.14. The Labute approximate surface area is 112 Å². The van der Waals surface area contributed by atoms with Crippen molar-refractivity contribution in [2.45, 2.75) is 0 Å². The average Bonchev–Trinajstić information content (AvgIpc) is 2.41. The van der Waals surface area contributed by atoms with Crippen molar-refractivity contribution in [2.75, 3.05) is 46.4 Å². The fraction of sp³-hybridized carbons (Fsp3) is 0.462. The van der Waals surface area contributed by atoms with Crippen LogP contribution in [0.3, 0.4) is 0 Å². The van der Waals surface area contributed by atoms with E-state index in [0.29, 0.717) is 55.5 Å². The van der Waals surface area contributed by atoms with Crippen molar-refractivity contribution < 1.29 is 23.7 Å². The molecule has 106 valence electrons. The highest BCUT2D eigenvalue weighted by Crippen LogP contribution is 2.31. The zero-order chi connectivity index (χ0) is 14.1. The van der Waals surface area contributed by atoms with E-state index >= 15 is 0 Å². The van der Waals surface area contributed by atoms with Gasteiger partial charge in [0.25, 0.3) is 0 Å². The summed E-state index contributed by atoms with van der Waals surface area (Å²) in [6.45, 7) is 1.63. The Hall–Kier alpha value is -1.79. The maximum absolute atomic E-state index is 10.9. The second kappa shape index (κ2) is 8.34. The highest BCUT2D eigenvalue weighted by Gasteiger charge is 2.10. The number of anilines is 1. The molecule has 0 unspecified atom stereocenters. The number of rotatable bonds is 9. The molecule has 0 fully saturated rings. The second-order valence-electron chi connectivity index (χ2n) is 3.73. The van der Waals surface area contributed by atoms with Gasteiger partial charge in [-0.1, -0.05) is 0 Å². The van der Waals surface area contributed by atoms with Crippen molar-refractivity contribution in [1.29, 1.82) is 0 Å². The first-order chi connectivity index (χ1) is 9.22. The Kier molecular flexibility index (Phi) is 6.70. The predicted octanol–water partition coefficient (Wildman–Crippen LogP) is 1.13. The molecule has 19 heavy (non-hydrogen) atoms. The standard InChI is InChI=1S/C13H19NO5/c1-16-3-5-18-12-7-10(9-15)11(14)8-13(12)19-6-4-17-2/h7-9H,3-6,14H2,1-2H3. The zero-order valence-electron chi connectivity index (χ0n) is 11.2. The first-order valence-electron chi connectivity index (χ1n) is 5.85. The molecule has 0 heterocycles. The van der Waals surface area contributed by atoms with E-state index in [1.807, 2.05) is 0 Å². The number of hydrogen-bond donors (Lipinski definition) is 1. The fourth-order valence-corrected chi connectivity index (χ4v) is 1.39. The van der Waals surface area contributed by atoms with Gasteiger partial charge in [0.2, 0.25) is 0 Å². The van der Waals surface area contributed by atoms with E-state index in [1.54, 1.807) is 26.4 Å². The summed E-state index contributed by atoms with van der Waals surface area (Å²) in [6.07, 6.45) is 0.678. The van der Waals surface area contributed by atoms with E-state index in [0.717, 1.165) is 0 Å². The molecule has 1 aromatic carbocycles. The summed E-state index contributed by atoms with van der Waals surface area (Å²) >= 11 is 0. The maximum atomic E-state index is 10.9. The van der Waals surface area contributed by atoms with Crippen molar-refractivity contribution in [2.24, 2.45) is 0 Å². The smallest absolute Gasteiger partial charge is 0.163 e. The SMILES string of the molecule is COCCOc1cc(N)c(C=O)cc1OCCOC. The number of methoxy groups -OCH3 is 2. The quantitative estimate of drug-likeness (QED) is 0.411. The molecule has 0 saturated heterocycles. The molecule has 0 aromatic heterocycles. The van der Waals surface area contributed by atoms with Crippen LogP contribution >= 0.6 is 0 Å². The van der Waals surface area contributed by atoms with Gasteiger partial charge in [-0.3, -0.25) is 4.79 Å². The van der Waals surface area contributed by atoms with Crippen molar-refractivity contribution in [3.63, 3.8) is 0 Å². The molecular formula is C13H19NO5. The molecule has 0 aliphatic rings. The highest BCUT2D eigenvalue weighted by atomic mass is 16.5. The molecule has 1 rings (SSSR count). The molecule has 6 nitrogen and oxygen atoms in total. The molecule has 0 bridgehead atoms. The summed E-state index contributed by atoms with van der Waals surface area (Å²) in [4.78, 5) is 10.9. The van der Waals surface area contributed by atoms with Crippen molar-refractivity contribution in [3.05, 3.63) is 17.7 Å². The zero-order valence-corrected chi connectivity index (χ0v) is 11.2. The van der Waals surface area contributed by atoms with E-state index in [-0.39, 0.29) is 0 Å². The molecule has 0 aliphatic carbocycles. The first kappa shape index (κ1) is 15.3. The van der Waals surface area contributed by atoms with E-state index in [1.165, 1.54) is 0 Å². The van der Waals surface area contributed by atoms with Crippen LogP contribution < -0.4 is 15.2 Å². The van der Waals surface area contributed by atoms with Gasteiger partial charge in [-0.25, -0.2) is 0 Å². The van der Waals surface area contributed by atoms with Gasteiger partial charge in [-0.05, 0) is 6.07 Å². The lowest BCUT2D eigenvalue weighted by Crippen LogP contribution is -2.09. The van der Waals surface area contributed by atoms with E-state index in [4.69, 9.17) is 24.7 Å². The number of nitrogens with two attached hydrogens (primary N) is 1. The van der Waals surface area contributed by atoms with Crippen LogP contribution in [0.4, 0.5) is 5.69 Å². The Morgan fingerprint density at radius 2 is 1.53 bits per heavy atom.